The number of rotatable bonds is 4. The summed E-state index contributed by atoms with van der Waals surface area (Å²) in [4.78, 5) is 26.2. The smallest absolute Gasteiger partial charge is 0.289 e. The van der Waals surface area contributed by atoms with Crippen LogP contribution >= 0.6 is 0 Å². The lowest BCUT2D eigenvalue weighted by Crippen LogP contribution is -3.12. The molecule has 2 saturated heterocycles. The molecule has 148 valence electrons. The molecule has 2 aliphatic heterocycles. The molecule has 0 radical (unpaired) electrons. The number of nitrogens with zero attached hydrogens (tertiary/aromatic N) is 3. The van der Waals surface area contributed by atoms with Gasteiger partial charge in [0, 0.05) is 19.2 Å². The molecule has 1 amide bonds. The van der Waals surface area contributed by atoms with Crippen molar-refractivity contribution in [3.05, 3.63) is 34.4 Å². The monoisotopic (exact) mass is 397 g/mol. The van der Waals surface area contributed by atoms with Crippen LogP contribution in [0.2, 0.25) is 0 Å². The molecule has 2 heterocycles. The van der Waals surface area contributed by atoms with Crippen LogP contribution in [0.4, 0.5) is 5.69 Å². The second kappa shape index (κ2) is 7.91. The van der Waals surface area contributed by atoms with E-state index in [4.69, 9.17) is 0 Å². The minimum absolute atomic E-state index is 0.00930. The first kappa shape index (κ1) is 19.7. The van der Waals surface area contributed by atoms with Crippen molar-refractivity contribution in [2.24, 2.45) is 5.92 Å². The fraction of sp³-hybridized carbons (Fsp3) is 0.588. The molecule has 27 heavy (non-hydrogen) atoms. The number of hydrogen-bond acceptors (Lipinski definition) is 5. The van der Waals surface area contributed by atoms with E-state index in [1.807, 2.05) is 4.90 Å². The molecule has 10 heteroatoms. The number of quaternary nitrogens is 1. The van der Waals surface area contributed by atoms with Gasteiger partial charge >= 0.3 is 0 Å². The highest BCUT2D eigenvalue weighted by Gasteiger charge is 2.38. The lowest BCUT2D eigenvalue weighted by molar-refractivity contribution is -0.883. The molecule has 3 rings (SSSR count). The zero-order valence-electron chi connectivity index (χ0n) is 15.3. The zero-order valence-corrected chi connectivity index (χ0v) is 16.2. The van der Waals surface area contributed by atoms with E-state index in [1.54, 1.807) is 0 Å². The summed E-state index contributed by atoms with van der Waals surface area (Å²) in [5.41, 5.74) is -0.437. The molecule has 2 aliphatic rings. The number of likely N-dealkylation sites (N-methyl/N-ethyl adjacent to an activating group) is 1. The first-order chi connectivity index (χ1) is 12.8. The summed E-state index contributed by atoms with van der Waals surface area (Å²) in [7, 11) is -1.94. The number of amides is 1. The van der Waals surface area contributed by atoms with Gasteiger partial charge in [-0.15, -0.1) is 0 Å². The zero-order chi connectivity index (χ0) is 19.6. The van der Waals surface area contributed by atoms with Gasteiger partial charge in [-0.25, -0.2) is 8.42 Å². The topological polar surface area (TPSA) is 105 Å². The molecule has 1 N–H and O–H groups in total. The summed E-state index contributed by atoms with van der Waals surface area (Å²) < 4.78 is 27.2. The maximum atomic E-state index is 13.0. The summed E-state index contributed by atoms with van der Waals surface area (Å²) in [6, 6.07) is 5.35. The molecule has 1 aromatic rings. The van der Waals surface area contributed by atoms with Gasteiger partial charge in [-0.3, -0.25) is 14.9 Å². The van der Waals surface area contributed by atoms with Crippen molar-refractivity contribution in [1.29, 1.82) is 0 Å². The van der Waals surface area contributed by atoms with Crippen LogP contribution in [-0.2, 0) is 14.8 Å². The number of piperazine rings is 1. The molecule has 0 aliphatic carbocycles. The van der Waals surface area contributed by atoms with E-state index < -0.39 is 26.6 Å². The Morgan fingerprint density at radius 2 is 1.89 bits per heavy atom. The van der Waals surface area contributed by atoms with Crippen molar-refractivity contribution in [1.82, 2.24) is 9.21 Å². The molecule has 0 saturated carbocycles. The Kier molecular flexibility index (Phi) is 5.78. The molecule has 1 atom stereocenters. The lowest BCUT2D eigenvalue weighted by Gasteiger charge is -2.36. The van der Waals surface area contributed by atoms with Gasteiger partial charge in [0.25, 0.3) is 5.69 Å². The van der Waals surface area contributed by atoms with E-state index in [-0.39, 0.29) is 23.9 Å². The summed E-state index contributed by atoms with van der Waals surface area (Å²) in [6.07, 6.45) is 1.20. The largest absolute Gasteiger partial charge is 0.334 e. The molecule has 1 aromatic carbocycles. The van der Waals surface area contributed by atoms with Crippen molar-refractivity contribution >= 4 is 21.6 Å². The van der Waals surface area contributed by atoms with Crippen LogP contribution in [0.25, 0.3) is 0 Å². The van der Waals surface area contributed by atoms with Crippen molar-refractivity contribution in [3.8, 4) is 0 Å². The number of carbonyl (C=O) groups is 1. The number of nitrogens with one attached hydrogen (secondary N) is 1. The number of benzene rings is 1. The van der Waals surface area contributed by atoms with Crippen LogP contribution in [0.5, 0.6) is 0 Å². The Morgan fingerprint density at radius 1 is 1.22 bits per heavy atom. The lowest BCUT2D eigenvalue weighted by atomic mass is 9.98. The number of piperidine rings is 1. The third-order valence-electron chi connectivity index (χ3n) is 5.34. The number of sulfonamides is 1. The van der Waals surface area contributed by atoms with Crippen LogP contribution in [0.15, 0.2) is 29.2 Å². The van der Waals surface area contributed by atoms with Crippen molar-refractivity contribution < 1.29 is 23.0 Å². The van der Waals surface area contributed by atoms with Crippen molar-refractivity contribution in [2.75, 3.05) is 46.3 Å². The SMILES string of the molecule is C[NH+]1CCN(C(=O)[C@@H]2CCCN(S(=O)(=O)c3ccccc3[N+](=O)[O-])C2)CC1. The molecule has 0 spiro atoms. The highest BCUT2D eigenvalue weighted by molar-refractivity contribution is 7.89. The second-order valence-corrected chi connectivity index (χ2v) is 9.12. The summed E-state index contributed by atoms with van der Waals surface area (Å²) >= 11 is 0. The normalized spacial score (nSPS) is 22.6. The third-order valence-corrected chi connectivity index (χ3v) is 7.25. The Bertz CT molecular complexity index is 820. The van der Waals surface area contributed by atoms with Gasteiger partial charge in [-0.1, -0.05) is 12.1 Å². The quantitative estimate of drug-likeness (QED) is 0.537. The molecular weight excluding hydrogens is 372 g/mol. The van der Waals surface area contributed by atoms with Crippen LogP contribution in [0, 0.1) is 16.0 Å². The number of carbonyl (C=O) groups excluding carboxylic acids is 1. The van der Waals surface area contributed by atoms with Gasteiger partial charge in [0.05, 0.1) is 44.1 Å². The Labute approximate surface area is 158 Å². The Balaban J connectivity index is 1.78. The van der Waals surface area contributed by atoms with Crippen molar-refractivity contribution in [3.63, 3.8) is 0 Å². The Hall–Kier alpha value is -2.04. The second-order valence-electron chi connectivity index (χ2n) is 7.21. The van der Waals surface area contributed by atoms with E-state index in [9.17, 15) is 23.3 Å². The summed E-state index contributed by atoms with van der Waals surface area (Å²) in [5, 5.41) is 11.2. The molecule has 0 unspecified atom stereocenters. The van der Waals surface area contributed by atoms with E-state index >= 15 is 0 Å². The maximum Gasteiger partial charge on any atom is 0.289 e. The highest BCUT2D eigenvalue weighted by Crippen LogP contribution is 2.30. The average Bonchev–Trinajstić information content (AvgIpc) is 2.68. The van der Waals surface area contributed by atoms with Crippen LogP contribution in [0.3, 0.4) is 0 Å². The first-order valence-corrected chi connectivity index (χ1v) is 10.6. The number of para-hydroxylation sites is 1. The van der Waals surface area contributed by atoms with Gasteiger partial charge in [-0.05, 0) is 18.9 Å². The molecule has 0 bridgehead atoms. The van der Waals surface area contributed by atoms with E-state index in [2.05, 4.69) is 7.05 Å². The predicted molar refractivity (Wildman–Crippen MR) is 97.8 cm³/mol. The standard InChI is InChI=1S/C17H24N4O5S/c1-18-9-11-19(12-10-18)17(22)14-5-4-8-20(13-14)27(25,26)16-7-3-2-6-15(16)21(23)24/h2-3,6-7,14H,4-5,8-13H2,1H3/p+1/t14-/m1/s1. The third kappa shape index (κ3) is 4.12. The molecule has 0 aromatic heterocycles. The summed E-state index contributed by atoms with van der Waals surface area (Å²) in [5.74, 6) is -0.403. The van der Waals surface area contributed by atoms with Crippen LogP contribution in [0.1, 0.15) is 12.8 Å². The summed E-state index contributed by atoms with van der Waals surface area (Å²) in [6.45, 7) is 3.47. The minimum Gasteiger partial charge on any atom is -0.334 e. The van der Waals surface area contributed by atoms with E-state index in [1.165, 1.54) is 33.5 Å². The van der Waals surface area contributed by atoms with Gasteiger partial charge < -0.3 is 9.80 Å². The number of nitro groups is 1. The number of hydrogen-bond donors (Lipinski definition) is 1. The van der Waals surface area contributed by atoms with E-state index in [0.717, 1.165) is 13.1 Å². The van der Waals surface area contributed by atoms with Gasteiger partial charge in [0.1, 0.15) is 0 Å². The minimum atomic E-state index is -4.03. The van der Waals surface area contributed by atoms with Crippen LogP contribution in [-0.4, -0.2) is 74.8 Å². The predicted octanol–water partition coefficient (Wildman–Crippen LogP) is -0.648. The van der Waals surface area contributed by atoms with E-state index in [0.29, 0.717) is 25.9 Å². The van der Waals surface area contributed by atoms with Gasteiger partial charge in [0.2, 0.25) is 15.9 Å². The first-order valence-electron chi connectivity index (χ1n) is 9.14. The molecule has 9 nitrogen and oxygen atoms in total. The molecule has 2 fully saturated rings. The average molecular weight is 397 g/mol. The fourth-order valence-corrected chi connectivity index (χ4v) is 5.38. The fourth-order valence-electron chi connectivity index (χ4n) is 3.69. The van der Waals surface area contributed by atoms with Crippen LogP contribution < -0.4 is 4.90 Å². The Morgan fingerprint density at radius 3 is 2.56 bits per heavy atom. The van der Waals surface area contributed by atoms with Gasteiger partial charge in [-0.2, -0.15) is 4.31 Å². The van der Waals surface area contributed by atoms with Crippen molar-refractivity contribution in [2.45, 2.75) is 17.7 Å². The molecular formula is C17H25N4O5S+. The number of nitro benzene ring substituents is 1. The van der Waals surface area contributed by atoms with Gasteiger partial charge in [0.15, 0.2) is 4.90 Å². The highest BCUT2D eigenvalue weighted by atomic mass is 32.2. The maximum absolute atomic E-state index is 13.0.